The molecule has 0 radical (unpaired) electrons. The summed E-state index contributed by atoms with van der Waals surface area (Å²) >= 11 is 7.47. The third-order valence-corrected chi connectivity index (χ3v) is 5.75. The molecule has 0 aliphatic carbocycles. The Morgan fingerprint density at radius 2 is 2.09 bits per heavy atom. The third-order valence-electron chi connectivity index (χ3n) is 3.10. The largest absolute Gasteiger partial charge is 0.375 e. The summed E-state index contributed by atoms with van der Waals surface area (Å²) in [5.74, 6) is -0.104. The summed E-state index contributed by atoms with van der Waals surface area (Å²) in [7, 11) is -1.87. The van der Waals surface area contributed by atoms with Gasteiger partial charge in [0.2, 0.25) is 10.0 Å². The molecule has 0 aliphatic rings. The fourth-order valence-corrected chi connectivity index (χ4v) is 4.32. The van der Waals surface area contributed by atoms with Crippen molar-refractivity contribution in [1.82, 2.24) is 4.72 Å². The van der Waals surface area contributed by atoms with Crippen LogP contribution in [0.5, 0.6) is 0 Å². The number of thiophene rings is 1. The molecule has 120 valence electrons. The lowest BCUT2D eigenvalue weighted by Gasteiger charge is -2.15. The van der Waals surface area contributed by atoms with Crippen LogP contribution >= 0.6 is 22.9 Å². The molecule has 0 amide bonds. The van der Waals surface area contributed by atoms with Crippen LogP contribution in [0.15, 0.2) is 36.4 Å². The van der Waals surface area contributed by atoms with Crippen LogP contribution in [0.4, 0.5) is 0 Å². The molecule has 1 unspecified atom stereocenters. The fourth-order valence-electron chi connectivity index (χ4n) is 2.03. The normalized spacial score (nSPS) is 13.2. The van der Waals surface area contributed by atoms with Crippen LogP contribution in [0, 0.1) is 6.92 Å². The molecule has 7 heteroatoms. The number of halogens is 1. The van der Waals surface area contributed by atoms with E-state index < -0.39 is 10.0 Å². The van der Waals surface area contributed by atoms with Crippen LogP contribution in [-0.2, 0) is 20.5 Å². The SMILES string of the molecule is COC(CNS(=O)(=O)Cc1cccc(Cl)c1)c1ccc(C)s1. The highest BCUT2D eigenvalue weighted by Gasteiger charge is 2.17. The molecule has 1 atom stereocenters. The van der Waals surface area contributed by atoms with Gasteiger partial charge in [-0.15, -0.1) is 11.3 Å². The average molecular weight is 360 g/mol. The number of aryl methyl sites for hydroxylation is 1. The van der Waals surface area contributed by atoms with Crippen molar-refractivity contribution in [2.45, 2.75) is 18.8 Å². The molecule has 1 aromatic carbocycles. The molecule has 1 N–H and O–H groups in total. The lowest BCUT2D eigenvalue weighted by molar-refractivity contribution is 0.110. The van der Waals surface area contributed by atoms with Crippen LogP contribution in [0.1, 0.15) is 21.4 Å². The zero-order chi connectivity index (χ0) is 16.2. The topological polar surface area (TPSA) is 55.4 Å². The van der Waals surface area contributed by atoms with Crippen LogP contribution in [0.25, 0.3) is 0 Å². The van der Waals surface area contributed by atoms with Crippen LogP contribution < -0.4 is 4.72 Å². The highest BCUT2D eigenvalue weighted by Crippen LogP contribution is 2.24. The second-order valence-corrected chi connectivity index (χ2v) is 8.47. The Morgan fingerprint density at radius 1 is 1.32 bits per heavy atom. The molecule has 1 heterocycles. The summed E-state index contributed by atoms with van der Waals surface area (Å²) in [5.41, 5.74) is 0.654. The van der Waals surface area contributed by atoms with E-state index in [1.165, 1.54) is 4.88 Å². The molecule has 4 nitrogen and oxygen atoms in total. The number of nitrogens with one attached hydrogen (secondary N) is 1. The van der Waals surface area contributed by atoms with Crippen molar-refractivity contribution >= 4 is 33.0 Å². The highest BCUT2D eigenvalue weighted by molar-refractivity contribution is 7.88. The maximum atomic E-state index is 12.2. The van der Waals surface area contributed by atoms with E-state index in [9.17, 15) is 8.42 Å². The molecule has 0 fully saturated rings. The van der Waals surface area contributed by atoms with Gasteiger partial charge in [0.05, 0.1) is 5.75 Å². The van der Waals surface area contributed by atoms with Gasteiger partial charge in [-0.3, -0.25) is 0 Å². The zero-order valence-electron chi connectivity index (χ0n) is 12.4. The second kappa shape index (κ2) is 7.57. The Balaban J connectivity index is 1.99. The highest BCUT2D eigenvalue weighted by atomic mass is 35.5. The van der Waals surface area contributed by atoms with Crippen molar-refractivity contribution in [3.63, 3.8) is 0 Å². The molecular formula is C15H18ClNO3S2. The minimum absolute atomic E-state index is 0.104. The van der Waals surface area contributed by atoms with Gasteiger partial charge in [-0.25, -0.2) is 13.1 Å². The van der Waals surface area contributed by atoms with Crippen molar-refractivity contribution in [2.24, 2.45) is 0 Å². The van der Waals surface area contributed by atoms with Crippen molar-refractivity contribution in [1.29, 1.82) is 0 Å². The van der Waals surface area contributed by atoms with Crippen molar-refractivity contribution in [3.8, 4) is 0 Å². The Morgan fingerprint density at radius 3 is 2.68 bits per heavy atom. The number of methoxy groups -OCH3 is 1. The number of ether oxygens (including phenoxy) is 1. The molecule has 1 aromatic heterocycles. The average Bonchev–Trinajstić information content (AvgIpc) is 2.85. The molecule has 0 spiro atoms. The lowest BCUT2D eigenvalue weighted by atomic mass is 10.2. The minimum atomic E-state index is -3.44. The number of benzene rings is 1. The van der Waals surface area contributed by atoms with E-state index in [0.717, 1.165) is 4.88 Å². The summed E-state index contributed by atoms with van der Waals surface area (Å²) < 4.78 is 32.3. The number of sulfonamides is 1. The quantitative estimate of drug-likeness (QED) is 0.822. The van der Waals surface area contributed by atoms with E-state index in [1.807, 2.05) is 19.1 Å². The number of rotatable bonds is 7. The maximum absolute atomic E-state index is 12.2. The first-order chi connectivity index (χ1) is 10.4. The van der Waals surface area contributed by atoms with E-state index >= 15 is 0 Å². The Kier molecular flexibility index (Phi) is 6.00. The third kappa shape index (κ3) is 5.07. The summed E-state index contributed by atoms with van der Waals surface area (Å²) in [6.07, 6.45) is -0.284. The van der Waals surface area contributed by atoms with Crippen LogP contribution in [0.2, 0.25) is 5.02 Å². The van der Waals surface area contributed by atoms with E-state index in [4.69, 9.17) is 16.3 Å². The summed E-state index contributed by atoms with van der Waals surface area (Å²) in [6.45, 7) is 2.21. The molecule has 0 aliphatic heterocycles. The molecule has 0 saturated carbocycles. The Hall–Kier alpha value is -0.920. The van der Waals surface area contributed by atoms with Crippen molar-refractivity contribution < 1.29 is 13.2 Å². The predicted molar refractivity (Wildman–Crippen MR) is 90.9 cm³/mol. The molecule has 22 heavy (non-hydrogen) atoms. The van der Waals surface area contributed by atoms with Gasteiger partial charge in [-0.05, 0) is 36.8 Å². The molecule has 0 bridgehead atoms. The van der Waals surface area contributed by atoms with E-state index in [0.29, 0.717) is 10.6 Å². The van der Waals surface area contributed by atoms with Gasteiger partial charge in [0, 0.05) is 28.4 Å². The van der Waals surface area contributed by atoms with Gasteiger partial charge in [0.25, 0.3) is 0 Å². The smallest absolute Gasteiger partial charge is 0.215 e. The Labute approximate surface area is 140 Å². The summed E-state index contributed by atoms with van der Waals surface area (Å²) in [4.78, 5) is 2.17. The lowest BCUT2D eigenvalue weighted by Crippen LogP contribution is -2.30. The minimum Gasteiger partial charge on any atom is -0.375 e. The van der Waals surface area contributed by atoms with Gasteiger partial charge >= 0.3 is 0 Å². The first-order valence-electron chi connectivity index (χ1n) is 6.70. The van der Waals surface area contributed by atoms with Crippen molar-refractivity contribution in [3.05, 3.63) is 56.7 Å². The molecule has 0 saturated heterocycles. The summed E-state index contributed by atoms with van der Waals surface area (Å²) in [5, 5.41) is 0.525. The van der Waals surface area contributed by atoms with E-state index in [1.54, 1.807) is 42.7 Å². The van der Waals surface area contributed by atoms with E-state index in [-0.39, 0.29) is 18.4 Å². The fraction of sp³-hybridized carbons (Fsp3) is 0.333. The van der Waals surface area contributed by atoms with E-state index in [2.05, 4.69) is 4.72 Å². The number of hydrogen-bond donors (Lipinski definition) is 1. The first-order valence-corrected chi connectivity index (χ1v) is 9.55. The van der Waals surface area contributed by atoms with Gasteiger partial charge in [-0.2, -0.15) is 0 Å². The second-order valence-electron chi connectivity index (χ2n) is 4.91. The standard InChI is InChI=1S/C15H18ClNO3S2/c1-11-6-7-15(21-11)14(20-2)9-17-22(18,19)10-12-4-3-5-13(16)8-12/h3-8,14,17H,9-10H2,1-2H3. The van der Waals surface area contributed by atoms with Gasteiger partial charge in [0.1, 0.15) is 6.10 Å². The van der Waals surface area contributed by atoms with Crippen LogP contribution in [0.3, 0.4) is 0 Å². The Bertz CT molecular complexity index is 728. The zero-order valence-corrected chi connectivity index (χ0v) is 14.8. The van der Waals surface area contributed by atoms with Gasteiger partial charge in [-0.1, -0.05) is 23.7 Å². The first kappa shape index (κ1) is 17.4. The predicted octanol–water partition coefficient (Wildman–Crippen LogP) is 3.52. The maximum Gasteiger partial charge on any atom is 0.215 e. The molecule has 2 rings (SSSR count). The van der Waals surface area contributed by atoms with Gasteiger partial charge in [0.15, 0.2) is 0 Å². The molecular weight excluding hydrogens is 342 g/mol. The van der Waals surface area contributed by atoms with Crippen LogP contribution in [-0.4, -0.2) is 22.1 Å². The van der Waals surface area contributed by atoms with Crippen molar-refractivity contribution in [2.75, 3.05) is 13.7 Å². The number of hydrogen-bond acceptors (Lipinski definition) is 4. The molecule has 2 aromatic rings. The van der Waals surface area contributed by atoms with Gasteiger partial charge < -0.3 is 4.74 Å². The monoisotopic (exact) mass is 359 g/mol. The summed E-state index contributed by atoms with van der Waals surface area (Å²) in [6, 6.07) is 10.8.